The van der Waals surface area contributed by atoms with Gasteiger partial charge in [-0.3, -0.25) is 0 Å². The fourth-order valence-electron chi connectivity index (χ4n) is 5.61. The van der Waals surface area contributed by atoms with Gasteiger partial charge in [-0.15, -0.1) is 0 Å². The van der Waals surface area contributed by atoms with E-state index in [-0.39, 0.29) is 21.7 Å². The summed E-state index contributed by atoms with van der Waals surface area (Å²) < 4.78 is 14.3. The van der Waals surface area contributed by atoms with Crippen LogP contribution in [0.15, 0.2) is 78.9 Å². The predicted molar refractivity (Wildman–Crippen MR) is 186 cm³/mol. The van der Waals surface area contributed by atoms with Gasteiger partial charge >= 0.3 is 8.38 Å². The van der Waals surface area contributed by atoms with Crippen LogP contribution in [0.3, 0.4) is 0 Å². The maximum Gasteiger partial charge on any atom is 0.326 e. The number of hydrogen-bond acceptors (Lipinski definition) is 2. The van der Waals surface area contributed by atoms with E-state index in [4.69, 9.17) is 9.05 Å². The van der Waals surface area contributed by atoms with Gasteiger partial charge in [-0.05, 0) is 62.1 Å². The summed E-state index contributed by atoms with van der Waals surface area (Å²) in [6.07, 6.45) is 0. The van der Waals surface area contributed by atoms with Gasteiger partial charge in [-0.2, -0.15) is 0 Å². The molecule has 4 aromatic rings. The Morgan fingerprint density at radius 2 is 1.02 bits per heavy atom. The van der Waals surface area contributed by atoms with Gasteiger partial charge in [0.2, 0.25) is 0 Å². The molecule has 0 aliphatic carbocycles. The zero-order valence-electron chi connectivity index (χ0n) is 28.3. The first kappa shape index (κ1) is 31.3. The molecule has 0 spiro atoms. The normalized spacial score (nSPS) is 15.4. The van der Waals surface area contributed by atoms with Gasteiger partial charge in [0.25, 0.3) is 0 Å². The van der Waals surface area contributed by atoms with E-state index in [1.807, 2.05) is 0 Å². The molecule has 5 rings (SSSR count). The smallest absolute Gasteiger partial charge is 0.326 e. The van der Waals surface area contributed by atoms with Crippen molar-refractivity contribution in [3.05, 3.63) is 101 Å². The lowest BCUT2D eigenvalue weighted by Gasteiger charge is -2.35. The number of rotatable bonds is 3. The van der Waals surface area contributed by atoms with E-state index in [1.54, 1.807) is 0 Å². The van der Waals surface area contributed by atoms with Crippen molar-refractivity contribution < 1.29 is 9.05 Å². The minimum Gasteiger partial charge on any atom is -0.434 e. The summed E-state index contributed by atoms with van der Waals surface area (Å²) in [5, 5.41) is 1.12. The Labute approximate surface area is 261 Å². The Kier molecular flexibility index (Phi) is 7.88. The molecular weight excluding hydrogens is 543 g/mol. The Morgan fingerprint density at radius 3 is 1.58 bits per heavy atom. The molecule has 1 atom stereocenters. The molecule has 0 N–H and O–H groups in total. The second-order valence-corrected chi connectivity index (χ2v) is 17.5. The summed E-state index contributed by atoms with van der Waals surface area (Å²) in [4.78, 5) is 0. The highest BCUT2D eigenvalue weighted by Crippen LogP contribution is 2.56. The lowest BCUT2D eigenvalue weighted by molar-refractivity contribution is 0.466. The van der Waals surface area contributed by atoms with E-state index >= 15 is 0 Å². The zero-order chi connectivity index (χ0) is 31.5. The van der Waals surface area contributed by atoms with Crippen LogP contribution in [0.1, 0.15) is 105 Å². The fraction of sp³-hybridized carbons (Fsp3) is 0.400. The molecule has 0 saturated heterocycles. The first-order chi connectivity index (χ1) is 19.9. The number of fused-ring (bicyclic) bond motifs is 3. The van der Waals surface area contributed by atoms with Crippen LogP contribution in [0.2, 0.25) is 0 Å². The topological polar surface area (TPSA) is 18.5 Å². The lowest BCUT2D eigenvalue weighted by atomic mass is 9.78. The average Bonchev–Trinajstić information content (AvgIpc) is 2.91. The zero-order valence-corrected chi connectivity index (χ0v) is 29.2. The van der Waals surface area contributed by atoms with Crippen molar-refractivity contribution in [3.63, 3.8) is 0 Å². The van der Waals surface area contributed by atoms with Crippen molar-refractivity contribution in [1.82, 2.24) is 0 Å². The predicted octanol–water partition coefficient (Wildman–Crippen LogP) is 11.6. The van der Waals surface area contributed by atoms with Crippen molar-refractivity contribution in [2.24, 2.45) is 0 Å². The first-order valence-electron chi connectivity index (χ1n) is 15.5. The second kappa shape index (κ2) is 10.8. The minimum atomic E-state index is -1.46. The van der Waals surface area contributed by atoms with E-state index in [0.29, 0.717) is 0 Å². The van der Waals surface area contributed by atoms with Crippen LogP contribution in [0, 0.1) is 0 Å². The molecule has 0 bridgehead atoms. The molecule has 0 aromatic heterocycles. The third-order valence-corrected chi connectivity index (χ3v) is 9.83. The molecule has 43 heavy (non-hydrogen) atoms. The molecule has 1 heterocycles. The van der Waals surface area contributed by atoms with Gasteiger partial charge < -0.3 is 9.05 Å². The summed E-state index contributed by atoms with van der Waals surface area (Å²) >= 11 is 0. The van der Waals surface area contributed by atoms with Gasteiger partial charge in [0.1, 0.15) is 11.5 Å². The molecular formula is C40H49O2P. The molecule has 0 radical (unpaired) electrons. The third kappa shape index (κ3) is 6.28. The Bertz CT molecular complexity index is 1640. The van der Waals surface area contributed by atoms with Crippen LogP contribution in [0.4, 0.5) is 0 Å². The monoisotopic (exact) mass is 592 g/mol. The summed E-state index contributed by atoms with van der Waals surface area (Å²) in [5.41, 5.74) is 9.46. The number of hydrogen-bond donors (Lipinski definition) is 0. The van der Waals surface area contributed by atoms with Crippen LogP contribution < -0.4 is 14.4 Å². The Hall–Kier alpha value is -3.09. The van der Waals surface area contributed by atoms with Crippen molar-refractivity contribution in [2.45, 2.75) is 105 Å². The highest BCUT2D eigenvalue weighted by molar-refractivity contribution is 7.57. The quantitative estimate of drug-likeness (QED) is 0.220. The van der Waals surface area contributed by atoms with Crippen LogP contribution >= 0.6 is 8.38 Å². The summed E-state index contributed by atoms with van der Waals surface area (Å²) in [6.45, 7) is 27.4. The highest BCUT2D eigenvalue weighted by atomic mass is 31.2. The van der Waals surface area contributed by atoms with Gasteiger partial charge in [0.15, 0.2) is 0 Å². The first-order valence-corrected chi connectivity index (χ1v) is 16.7. The molecule has 226 valence electrons. The Morgan fingerprint density at radius 1 is 0.512 bits per heavy atom. The Balaban J connectivity index is 1.76. The van der Waals surface area contributed by atoms with Crippen LogP contribution in [-0.4, -0.2) is 0 Å². The summed E-state index contributed by atoms with van der Waals surface area (Å²) in [5.74, 6) is 1.87. The van der Waals surface area contributed by atoms with E-state index < -0.39 is 8.38 Å². The fourth-order valence-corrected chi connectivity index (χ4v) is 7.17. The SMILES string of the molecule is CC(C)(C)c1cc(-c2ccccc2)c(OP2Oc3c(cc(C(C)(C)C)cc3C(C)(C)C)-c3ccccc32)c(C(C)(C)C)c1. The largest absolute Gasteiger partial charge is 0.434 e. The highest BCUT2D eigenvalue weighted by Gasteiger charge is 2.37. The van der Waals surface area contributed by atoms with E-state index in [0.717, 1.165) is 33.5 Å². The van der Waals surface area contributed by atoms with Crippen LogP contribution in [-0.2, 0) is 21.7 Å². The van der Waals surface area contributed by atoms with Gasteiger partial charge in [-0.25, -0.2) is 0 Å². The molecule has 1 aliphatic rings. The van der Waals surface area contributed by atoms with Crippen LogP contribution in [0.25, 0.3) is 22.3 Å². The van der Waals surface area contributed by atoms with Crippen molar-refractivity contribution in [2.75, 3.05) is 0 Å². The molecule has 1 aliphatic heterocycles. The minimum absolute atomic E-state index is 0.00730. The standard InChI is InChI=1S/C40H49O2P/c1-37(2,3)27-22-30(26-18-14-13-15-19-26)35(32(24-27)39(7,8)9)41-43-34-21-17-16-20-29(34)31-23-28(38(4,5)6)25-33(36(31)42-43)40(10,11)12/h13-25H,1-12H3. The molecule has 4 aromatic carbocycles. The molecule has 2 nitrogen and oxygen atoms in total. The number of benzene rings is 4. The van der Waals surface area contributed by atoms with E-state index in [2.05, 4.69) is 162 Å². The van der Waals surface area contributed by atoms with E-state index in [9.17, 15) is 0 Å². The van der Waals surface area contributed by atoms with Crippen molar-refractivity contribution >= 4 is 13.7 Å². The maximum atomic E-state index is 7.26. The molecule has 3 heteroatoms. The summed E-state index contributed by atoms with van der Waals surface area (Å²) in [6, 6.07) is 28.7. The lowest BCUT2D eigenvalue weighted by Crippen LogP contribution is -2.24. The van der Waals surface area contributed by atoms with Gasteiger partial charge in [0, 0.05) is 22.3 Å². The average molecular weight is 593 g/mol. The third-order valence-electron chi connectivity index (χ3n) is 8.35. The molecule has 0 amide bonds. The molecule has 0 saturated carbocycles. The van der Waals surface area contributed by atoms with Crippen LogP contribution in [0.5, 0.6) is 11.5 Å². The van der Waals surface area contributed by atoms with Crippen molar-refractivity contribution in [1.29, 1.82) is 0 Å². The molecule has 1 unspecified atom stereocenters. The van der Waals surface area contributed by atoms with Crippen molar-refractivity contribution in [3.8, 4) is 33.8 Å². The molecule has 0 fully saturated rings. The van der Waals surface area contributed by atoms with Gasteiger partial charge in [-0.1, -0.05) is 144 Å². The second-order valence-electron chi connectivity index (χ2n) is 16.1. The van der Waals surface area contributed by atoms with E-state index in [1.165, 1.54) is 27.8 Å². The summed E-state index contributed by atoms with van der Waals surface area (Å²) in [7, 11) is -1.46. The maximum absolute atomic E-state index is 7.26. The van der Waals surface area contributed by atoms with Gasteiger partial charge in [0.05, 0.1) is 5.30 Å².